The number of aromatic hydroxyl groups is 1. The fourth-order valence-electron chi connectivity index (χ4n) is 12.2. The number of piperidine rings is 3. The summed E-state index contributed by atoms with van der Waals surface area (Å²) in [7, 11) is 0. The molecule has 59 heavy (non-hydrogen) atoms. The van der Waals surface area contributed by atoms with Crippen LogP contribution in [-0.2, 0) is 22.6 Å². The van der Waals surface area contributed by atoms with Gasteiger partial charge in [-0.2, -0.15) is 0 Å². The van der Waals surface area contributed by atoms with Crippen molar-refractivity contribution >= 4 is 11.9 Å². The van der Waals surface area contributed by atoms with Crippen LogP contribution in [0.25, 0.3) is 0 Å². The molecule has 13 nitrogen and oxygen atoms in total. The molecule has 8 bridgehead atoms. The summed E-state index contributed by atoms with van der Waals surface area (Å²) in [6.45, 7) is 6.14. The van der Waals surface area contributed by atoms with Crippen LogP contribution in [0.5, 0.6) is 11.5 Å². The number of guanidine groups is 1. The number of benzene rings is 1. The average molecular weight is 819 g/mol. The SMILES string of the molecule is CC(=O)O[C@@H]1C[C@@H](O)CC[C@]2(C#C[C@H]3CCC[C@@H]4C[C@H](CCN4)Oc4cc(c(CO)cc4O)C[C@H]31)CCN1C[C@@H]3C[C@H](CN(C3)C3(CCCCC3)NC(N)=NC2)[C@H]1CO. The number of aliphatic hydroxyl groups is 3. The molecule has 12 atom stereocenters. The summed E-state index contributed by atoms with van der Waals surface area (Å²) in [5.74, 6) is 8.51. The Hall–Kier alpha value is -3.12. The van der Waals surface area contributed by atoms with Crippen LogP contribution in [0.1, 0.15) is 114 Å². The van der Waals surface area contributed by atoms with Gasteiger partial charge in [-0.25, -0.2) is 0 Å². The van der Waals surface area contributed by atoms with Gasteiger partial charge in [0.1, 0.15) is 12.2 Å². The first-order chi connectivity index (χ1) is 28.5. The lowest BCUT2D eigenvalue weighted by molar-refractivity contribution is -0.152. The van der Waals surface area contributed by atoms with Crippen LogP contribution >= 0.6 is 0 Å². The molecular formula is C46H70N6O7. The van der Waals surface area contributed by atoms with Gasteiger partial charge in [-0.15, -0.1) is 0 Å². The van der Waals surface area contributed by atoms with Crippen molar-refractivity contribution in [1.82, 2.24) is 20.4 Å². The van der Waals surface area contributed by atoms with E-state index in [-0.39, 0.29) is 61.1 Å². The number of phenols is 1. The maximum atomic E-state index is 12.8. The Morgan fingerprint density at radius 2 is 1.88 bits per heavy atom. The number of phenolic OH excluding ortho intramolecular Hbond substituents is 1. The van der Waals surface area contributed by atoms with E-state index in [1.165, 1.54) is 13.3 Å². The van der Waals surface area contributed by atoms with E-state index in [0.29, 0.717) is 54.9 Å². The summed E-state index contributed by atoms with van der Waals surface area (Å²) in [6, 6.07) is 3.77. The number of esters is 1. The summed E-state index contributed by atoms with van der Waals surface area (Å²) in [6.07, 6.45) is 11.9. The number of carbonyl (C=O) groups is 1. The number of aliphatic imine (C=N–C) groups is 1. The third-order valence-corrected chi connectivity index (χ3v) is 15.3. The van der Waals surface area contributed by atoms with Crippen molar-refractivity contribution in [2.24, 2.45) is 39.8 Å². The maximum absolute atomic E-state index is 12.8. The summed E-state index contributed by atoms with van der Waals surface area (Å²) in [4.78, 5) is 23.1. The van der Waals surface area contributed by atoms with Gasteiger partial charge in [0.15, 0.2) is 17.5 Å². The van der Waals surface area contributed by atoms with E-state index in [1.54, 1.807) is 6.07 Å². The molecule has 2 spiro atoms. The minimum absolute atomic E-state index is 0.00117. The second-order valence-electron chi connectivity index (χ2n) is 19.4. The van der Waals surface area contributed by atoms with Crippen molar-refractivity contribution in [2.45, 2.75) is 152 Å². The van der Waals surface area contributed by atoms with Crippen LogP contribution < -0.4 is 21.1 Å². The predicted octanol–water partition coefficient (Wildman–Crippen LogP) is 3.39. The Bertz CT molecular complexity index is 1730. The normalized spacial score (nSPS) is 38.7. The lowest BCUT2D eigenvalue weighted by atomic mass is 9.73. The van der Waals surface area contributed by atoms with Gasteiger partial charge in [0, 0.05) is 63.4 Å². The molecule has 6 aliphatic heterocycles. The average Bonchev–Trinajstić information content (AvgIpc) is 3.23. The van der Waals surface area contributed by atoms with Crippen LogP contribution in [0, 0.1) is 40.9 Å². The molecule has 2 aliphatic carbocycles. The molecule has 0 amide bonds. The summed E-state index contributed by atoms with van der Waals surface area (Å²) in [5.41, 5.74) is 7.46. The van der Waals surface area contributed by atoms with Crippen LogP contribution in [-0.4, -0.2) is 124 Å². The van der Waals surface area contributed by atoms with E-state index >= 15 is 0 Å². The largest absolute Gasteiger partial charge is 0.504 e. The Labute approximate surface area is 350 Å². The van der Waals surface area contributed by atoms with Gasteiger partial charge in [0.25, 0.3) is 0 Å². The number of hydrogen-bond donors (Lipinski definition) is 7. The van der Waals surface area contributed by atoms with E-state index in [9.17, 15) is 25.2 Å². The summed E-state index contributed by atoms with van der Waals surface area (Å²) < 4.78 is 12.6. The number of hydrogen-bond acceptors (Lipinski definition) is 13. The zero-order valence-electron chi connectivity index (χ0n) is 35.3. The number of fused-ring (bicyclic) bond motifs is 8. The van der Waals surface area contributed by atoms with Crippen molar-refractivity contribution in [2.75, 3.05) is 45.9 Å². The highest BCUT2D eigenvalue weighted by Gasteiger charge is 2.48. The van der Waals surface area contributed by atoms with E-state index < -0.39 is 23.6 Å². The van der Waals surface area contributed by atoms with Gasteiger partial charge in [0.05, 0.1) is 36.9 Å². The number of nitrogens with one attached hydrogen (secondary N) is 2. The molecule has 0 aromatic heterocycles. The van der Waals surface area contributed by atoms with Gasteiger partial charge < -0.3 is 46.3 Å². The minimum atomic E-state index is -0.764. The van der Waals surface area contributed by atoms with Crippen molar-refractivity contribution in [1.29, 1.82) is 0 Å². The molecular weight excluding hydrogens is 749 g/mol. The number of aliphatic hydroxyl groups excluding tert-OH is 3. The summed E-state index contributed by atoms with van der Waals surface area (Å²) >= 11 is 0. The Kier molecular flexibility index (Phi) is 13.3. The number of nitrogens with two attached hydrogens (primary N) is 1. The molecule has 3 saturated heterocycles. The molecule has 13 heteroatoms. The molecule has 1 aromatic rings. The number of rotatable bonds is 3. The molecule has 4 fully saturated rings. The van der Waals surface area contributed by atoms with Crippen LogP contribution in [0.2, 0.25) is 0 Å². The number of ether oxygens (including phenoxy) is 2. The van der Waals surface area contributed by atoms with Crippen LogP contribution in [0.4, 0.5) is 0 Å². The highest BCUT2D eigenvalue weighted by atomic mass is 16.5. The predicted molar refractivity (Wildman–Crippen MR) is 225 cm³/mol. The molecule has 9 rings (SSSR count). The van der Waals surface area contributed by atoms with Gasteiger partial charge in [-0.05, 0) is 125 Å². The lowest BCUT2D eigenvalue weighted by Gasteiger charge is -2.56. The molecule has 8 N–H and O–H groups in total. The first kappa shape index (κ1) is 42.6. The molecule has 1 aromatic carbocycles. The number of carbonyl (C=O) groups excluding carboxylic acids is 1. The zero-order valence-corrected chi connectivity index (χ0v) is 35.3. The van der Waals surface area contributed by atoms with Crippen molar-refractivity contribution < 1.29 is 34.7 Å². The van der Waals surface area contributed by atoms with E-state index in [1.807, 2.05) is 6.07 Å². The molecule has 1 saturated carbocycles. The van der Waals surface area contributed by atoms with Gasteiger partial charge in [0.2, 0.25) is 0 Å². The zero-order chi connectivity index (χ0) is 41.1. The summed E-state index contributed by atoms with van der Waals surface area (Å²) in [5, 5.41) is 52.0. The topological polar surface area (TPSA) is 185 Å². The smallest absolute Gasteiger partial charge is 0.302 e. The fourth-order valence-corrected chi connectivity index (χ4v) is 12.2. The fraction of sp³-hybridized carbons (Fsp3) is 0.783. The van der Waals surface area contributed by atoms with Crippen LogP contribution in [0.3, 0.4) is 0 Å². The second-order valence-corrected chi connectivity index (χ2v) is 19.4. The van der Waals surface area contributed by atoms with E-state index in [0.717, 1.165) is 109 Å². The van der Waals surface area contributed by atoms with E-state index in [4.69, 9.17) is 20.2 Å². The van der Waals surface area contributed by atoms with Crippen molar-refractivity contribution in [3.05, 3.63) is 23.3 Å². The maximum Gasteiger partial charge on any atom is 0.302 e. The minimum Gasteiger partial charge on any atom is -0.504 e. The van der Waals surface area contributed by atoms with Gasteiger partial charge >= 0.3 is 5.97 Å². The number of nitrogens with zero attached hydrogens (tertiary/aromatic N) is 3. The highest BCUT2D eigenvalue weighted by Crippen LogP contribution is 2.43. The van der Waals surface area contributed by atoms with Gasteiger partial charge in [-0.3, -0.25) is 19.6 Å². The van der Waals surface area contributed by atoms with E-state index in [2.05, 4.69) is 32.3 Å². The third kappa shape index (κ3) is 9.68. The first-order valence-corrected chi connectivity index (χ1v) is 23.0. The monoisotopic (exact) mass is 819 g/mol. The Balaban J connectivity index is 1.21. The van der Waals surface area contributed by atoms with Crippen molar-refractivity contribution in [3.63, 3.8) is 0 Å². The highest BCUT2D eigenvalue weighted by molar-refractivity contribution is 5.78. The Morgan fingerprint density at radius 1 is 1.03 bits per heavy atom. The lowest BCUT2D eigenvalue weighted by Crippen LogP contribution is -2.69. The molecule has 326 valence electrons. The quantitative estimate of drug-likeness (QED) is 0.175. The first-order valence-electron chi connectivity index (χ1n) is 23.0. The third-order valence-electron chi connectivity index (χ3n) is 15.3. The van der Waals surface area contributed by atoms with Gasteiger partial charge in [-0.1, -0.05) is 24.7 Å². The van der Waals surface area contributed by atoms with Crippen molar-refractivity contribution in [3.8, 4) is 23.3 Å². The second kappa shape index (κ2) is 18.5. The molecule has 8 aliphatic rings. The molecule has 0 radical (unpaired) electrons. The molecule has 2 unspecified atom stereocenters. The van der Waals surface area contributed by atoms with Crippen LogP contribution in [0.15, 0.2) is 17.1 Å². The standard InChI is InChI=1S/C46H70N6O7/c1-30(55)58-42-23-37(56)9-14-45(13-8-32-6-5-7-36-22-38(10-16-48-36)59-43-21-33(19-39(32)42)35(27-53)20-41(43)57)15-17-51-24-31-18-34(40(51)28-54)26-52(25-31)46(11-3-2-4-12-46)50-44(47)49-29-45/h20-21,31-32,34,36-40,42,48,53-54,56-57H,2-7,9-12,14-19,22-29H2,1H3,(H3,47,49,50)/t31-,32+,34+,36+,37-,38-,39+,40+,42+,45+/m0/s1. The Morgan fingerprint density at radius 3 is 2.68 bits per heavy atom. The molecule has 6 heterocycles.